The Labute approximate surface area is 168 Å². The first kappa shape index (κ1) is 20.1. The van der Waals surface area contributed by atoms with Crippen molar-refractivity contribution in [3.63, 3.8) is 0 Å². The van der Waals surface area contributed by atoms with E-state index in [-0.39, 0.29) is 11.7 Å². The van der Waals surface area contributed by atoms with Gasteiger partial charge in [-0.3, -0.25) is 14.6 Å². The summed E-state index contributed by atoms with van der Waals surface area (Å²) in [5, 5.41) is 18.6. The molecule has 1 amide bonds. The number of pyridine rings is 1. The normalized spacial score (nSPS) is 13.9. The number of nitriles is 1. The van der Waals surface area contributed by atoms with Crippen LogP contribution in [0.3, 0.4) is 0 Å². The van der Waals surface area contributed by atoms with E-state index in [1.807, 2.05) is 6.07 Å². The molecule has 0 saturated carbocycles. The van der Waals surface area contributed by atoms with Gasteiger partial charge in [0.15, 0.2) is 0 Å². The van der Waals surface area contributed by atoms with E-state index in [1.54, 1.807) is 17.1 Å². The molecule has 0 spiro atoms. The average Bonchev–Trinajstić information content (AvgIpc) is 3.19. The van der Waals surface area contributed by atoms with Gasteiger partial charge in [0.05, 0.1) is 29.2 Å². The van der Waals surface area contributed by atoms with Gasteiger partial charge >= 0.3 is 5.88 Å². The van der Waals surface area contributed by atoms with Gasteiger partial charge in [-0.1, -0.05) is 25.1 Å². The third kappa shape index (κ3) is 5.45. The van der Waals surface area contributed by atoms with Crippen molar-refractivity contribution in [2.75, 3.05) is 29.2 Å². The second kappa shape index (κ2) is 10.1. The summed E-state index contributed by atoms with van der Waals surface area (Å²) < 4.78 is 5.21. The van der Waals surface area contributed by atoms with Crippen molar-refractivity contribution >= 4 is 23.6 Å². The molecule has 1 aliphatic rings. The Bertz CT molecular complexity index is 841. The number of aromatic nitrogens is 3. The van der Waals surface area contributed by atoms with Gasteiger partial charge in [0.1, 0.15) is 11.1 Å². The largest absolute Gasteiger partial charge is 0.305 e. The highest BCUT2D eigenvalue weighted by molar-refractivity contribution is 8.00. The first-order chi connectivity index (χ1) is 13.7. The van der Waals surface area contributed by atoms with Crippen LogP contribution in [-0.2, 0) is 11.2 Å². The van der Waals surface area contributed by atoms with Gasteiger partial charge in [-0.15, -0.1) is 0 Å². The molecule has 0 aliphatic carbocycles. The van der Waals surface area contributed by atoms with Crippen LogP contribution in [0.4, 0.5) is 5.88 Å². The van der Waals surface area contributed by atoms with E-state index in [1.165, 1.54) is 18.2 Å². The predicted molar refractivity (Wildman–Crippen MR) is 105 cm³/mol. The summed E-state index contributed by atoms with van der Waals surface area (Å²) in [4.78, 5) is 18.5. The van der Waals surface area contributed by atoms with Crippen molar-refractivity contribution in [2.45, 2.75) is 50.5 Å². The van der Waals surface area contributed by atoms with E-state index >= 15 is 0 Å². The second-order valence-electron chi connectivity index (χ2n) is 6.71. The first-order valence-corrected chi connectivity index (χ1v) is 10.6. The molecule has 2 aromatic rings. The molecule has 148 valence electrons. The van der Waals surface area contributed by atoms with Crippen molar-refractivity contribution in [1.29, 1.82) is 5.26 Å². The Kier molecular flexibility index (Phi) is 7.25. The number of amides is 1. The Morgan fingerprint density at radius 1 is 1.39 bits per heavy atom. The molecule has 28 heavy (non-hydrogen) atoms. The molecule has 1 saturated heterocycles. The van der Waals surface area contributed by atoms with Crippen molar-refractivity contribution < 1.29 is 14.1 Å². The number of carbonyl (C=O) groups is 1. The lowest BCUT2D eigenvalue weighted by atomic mass is 10.2. The Morgan fingerprint density at radius 2 is 2.21 bits per heavy atom. The maximum Gasteiger partial charge on any atom is 0.305 e. The number of anilines is 1. The van der Waals surface area contributed by atoms with E-state index in [0.717, 1.165) is 50.9 Å². The van der Waals surface area contributed by atoms with Crippen LogP contribution in [0, 0.1) is 11.3 Å². The minimum absolute atomic E-state index is 0.142. The number of carbonyl (C=O) groups excluding carboxylic acids is 1. The number of nitrogens with one attached hydrogen (secondary N) is 1. The number of thioether (sulfide) groups is 1. The Balaban J connectivity index is 1.55. The van der Waals surface area contributed by atoms with Gasteiger partial charge in [-0.2, -0.15) is 10.3 Å². The number of rotatable bonds is 8. The lowest BCUT2D eigenvalue weighted by Gasteiger charge is -2.17. The average molecular weight is 402 g/mol. The zero-order chi connectivity index (χ0) is 19.8. The Hall–Kier alpha value is -2.60. The molecule has 0 unspecified atom stereocenters. The van der Waals surface area contributed by atoms with Crippen LogP contribution in [0.1, 0.15) is 50.3 Å². The van der Waals surface area contributed by atoms with E-state index in [9.17, 15) is 10.1 Å². The summed E-state index contributed by atoms with van der Waals surface area (Å²) in [5.41, 5.74) is 1.43. The zero-order valence-corrected chi connectivity index (χ0v) is 16.9. The summed E-state index contributed by atoms with van der Waals surface area (Å²) in [6.07, 6.45) is 8.17. The van der Waals surface area contributed by atoms with Gasteiger partial charge in [0.2, 0.25) is 11.2 Å². The molecule has 2 aromatic heterocycles. The van der Waals surface area contributed by atoms with Crippen LogP contribution in [0.15, 0.2) is 27.9 Å². The highest BCUT2D eigenvalue weighted by atomic mass is 32.2. The van der Waals surface area contributed by atoms with E-state index in [4.69, 9.17) is 4.52 Å². The molecule has 1 fully saturated rings. The van der Waals surface area contributed by atoms with Crippen molar-refractivity contribution in [3.8, 4) is 6.07 Å². The molecule has 3 rings (SSSR count). The van der Waals surface area contributed by atoms with E-state index in [0.29, 0.717) is 16.5 Å². The van der Waals surface area contributed by atoms with E-state index in [2.05, 4.69) is 33.6 Å². The lowest BCUT2D eigenvalue weighted by Crippen LogP contribution is -2.60. The molecular weight excluding hydrogens is 376 g/mol. The van der Waals surface area contributed by atoms with Crippen LogP contribution >= 0.6 is 11.8 Å². The van der Waals surface area contributed by atoms with Gasteiger partial charge in [-0.05, 0) is 44.2 Å². The molecule has 3 heterocycles. The smallest absolute Gasteiger partial charge is 0.288 e. The van der Waals surface area contributed by atoms with Crippen LogP contribution in [-0.4, -0.2) is 35.0 Å². The number of nitrogens with zero attached hydrogens (tertiary/aromatic N) is 5. The molecule has 0 atom stereocenters. The first-order valence-electron chi connectivity index (χ1n) is 9.66. The van der Waals surface area contributed by atoms with Gasteiger partial charge in [0.25, 0.3) is 6.20 Å². The summed E-state index contributed by atoms with van der Waals surface area (Å²) in [7, 11) is 0. The summed E-state index contributed by atoms with van der Waals surface area (Å²) in [5.74, 6) is 0.224. The third-order valence-electron chi connectivity index (χ3n) is 4.51. The molecule has 0 bridgehead atoms. The number of hydrogen-bond acceptors (Lipinski definition) is 7. The fourth-order valence-corrected chi connectivity index (χ4v) is 3.78. The second-order valence-corrected chi connectivity index (χ2v) is 7.67. The molecular formula is C19H25N6O2S+. The molecule has 0 aromatic carbocycles. The summed E-state index contributed by atoms with van der Waals surface area (Å²) >= 11 is 1.26. The summed E-state index contributed by atoms with van der Waals surface area (Å²) in [6, 6.07) is 5.79. The van der Waals surface area contributed by atoms with Crippen LogP contribution < -0.4 is 15.1 Å². The van der Waals surface area contributed by atoms with Crippen molar-refractivity contribution in [3.05, 3.63) is 29.6 Å². The minimum atomic E-state index is -0.225. The molecule has 9 heteroatoms. The highest BCUT2D eigenvalue weighted by Crippen LogP contribution is 2.21. The quantitative estimate of drug-likeness (QED) is 0.536. The van der Waals surface area contributed by atoms with Gasteiger partial charge in [-0.25, -0.2) is 4.98 Å². The number of unbranched alkanes of at least 4 members (excludes halogenated alkanes) is 1. The maximum absolute atomic E-state index is 12.3. The van der Waals surface area contributed by atoms with Crippen molar-refractivity contribution in [1.82, 2.24) is 10.3 Å². The van der Waals surface area contributed by atoms with E-state index < -0.39 is 0 Å². The highest BCUT2D eigenvalue weighted by Gasteiger charge is 2.23. The number of piperidine rings is 1. The molecule has 0 radical (unpaired) electrons. The number of aryl methyl sites for hydroxylation is 1. The van der Waals surface area contributed by atoms with Crippen LogP contribution in [0.25, 0.3) is 0 Å². The minimum Gasteiger partial charge on any atom is -0.288 e. The van der Waals surface area contributed by atoms with Crippen LogP contribution in [0.5, 0.6) is 0 Å². The van der Waals surface area contributed by atoms with Gasteiger partial charge in [0, 0.05) is 5.69 Å². The fraction of sp³-hybridized carbons (Fsp3) is 0.526. The Morgan fingerprint density at radius 3 is 2.96 bits per heavy atom. The topological polar surface area (TPSA) is 98.9 Å². The van der Waals surface area contributed by atoms with Gasteiger partial charge < -0.3 is 0 Å². The predicted octanol–water partition coefficient (Wildman–Crippen LogP) is 2.42. The molecule has 8 nitrogen and oxygen atoms in total. The zero-order valence-electron chi connectivity index (χ0n) is 16.1. The summed E-state index contributed by atoms with van der Waals surface area (Å²) in [6.45, 7) is 3.98. The molecule has 1 N–H and O–H groups in total. The standard InChI is InChI=1S/C19H24N6O2S/c1-2-3-7-16-9-8-15(12-20)19(21-16)28-14-17(26)22-18-13-25(23-27-18)24-10-5-4-6-11-24/h8-9,13H,2-7,10-11,14H2,1H3/p+1. The lowest BCUT2D eigenvalue weighted by molar-refractivity contribution is -0.759. The fourth-order valence-electron chi connectivity index (χ4n) is 2.99. The molecule has 1 aliphatic heterocycles. The monoisotopic (exact) mass is 401 g/mol. The maximum atomic E-state index is 12.3. The third-order valence-corrected chi connectivity index (χ3v) is 5.50. The van der Waals surface area contributed by atoms with Crippen molar-refractivity contribution in [2.24, 2.45) is 0 Å². The van der Waals surface area contributed by atoms with Crippen LogP contribution in [0.2, 0.25) is 0 Å². The SMILES string of the molecule is CCCCc1ccc(C#N)c(SCC(=O)Nc2c[n+](N3CCCCC3)no2)n1. The number of hydrogen-bond donors (Lipinski definition) is 1.